The zero-order chi connectivity index (χ0) is 13.5. The van der Waals surface area contributed by atoms with E-state index in [2.05, 4.69) is 5.32 Å². The number of halogens is 1. The standard InChI is InChI=1S/C16H24FNO/c1-13-12-14(17)8-9-16(13)19-11-10-18-15-6-4-2-3-5-7-15/h8-9,12,15,18H,2-7,10-11H2,1H3. The highest BCUT2D eigenvalue weighted by atomic mass is 19.1. The highest BCUT2D eigenvalue weighted by Crippen LogP contribution is 2.19. The molecule has 3 heteroatoms. The number of nitrogens with one attached hydrogen (secondary N) is 1. The fourth-order valence-corrected chi connectivity index (χ4v) is 2.68. The Hall–Kier alpha value is -1.09. The Balaban J connectivity index is 1.68. The van der Waals surface area contributed by atoms with Crippen molar-refractivity contribution in [2.75, 3.05) is 13.2 Å². The summed E-state index contributed by atoms with van der Waals surface area (Å²) in [5.74, 6) is 0.575. The number of hydrogen-bond acceptors (Lipinski definition) is 2. The molecule has 0 amide bonds. The van der Waals surface area contributed by atoms with Crippen molar-refractivity contribution in [2.45, 2.75) is 51.5 Å². The maximum atomic E-state index is 12.9. The number of hydrogen-bond donors (Lipinski definition) is 1. The molecule has 106 valence electrons. The maximum Gasteiger partial charge on any atom is 0.123 e. The highest BCUT2D eigenvalue weighted by molar-refractivity contribution is 5.32. The fourth-order valence-electron chi connectivity index (χ4n) is 2.68. The molecule has 1 N–H and O–H groups in total. The van der Waals surface area contributed by atoms with Gasteiger partial charge in [0.1, 0.15) is 18.2 Å². The molecule has 1 aliphatic carbocycles. The van der Waals surface area contributed by atoms with Gasteiger partial charge in [0, 0.05) is 12.6 Å². The van der Waals surface area contributed by atoms with Gasteiger partial charge in [-0.25, -0.2) is 4.39 Å². The zero-order valence-electron chi connectivity index (χ0n) is 11.8. The average molecular weight is 265 g/mol. The van der Waals surface area contributed by atoms with Crippen LogP contribution in [0.4, 0.5) is 4.39 Å². The third-order valence-electron chi connectivity index (χ3n) is 3.78. The molecule has 1 saturated carbocycles. The van der Waals surface area contributed by atoms with Crippen molar-refractivity contribution in [3.63, 3.8) is 0 Å². The number of rotatable bonds is 5. The minimum absolute atomic E-state index is 0.207. The topological polar surface area (TPSA) is 21.3 Å². The number of aryl methyl sites for hydroxylation is 1. The third-order valence-corrected chi connectivity index (χ3v) is 3.78. The first-order valence-electron chi connectivity index (χ1n) is 7.38. The van der Waals surface area contributed by atoms with Gasteiger partial charge in [-0.1, -0.05) is 25.7 Å². The summed E-state index contributed by atoms with van der Waals surface area (Å²) in [6.07, 6.45) is 8.02. The SMILES string of the molecule is Cc1cc(F)ccc1OCCNC1CCCCCC1. The first-order valence-corrected chi connectivity index (χ1v) is 7.38. The van der Waals surface area contributed by atoms with Gasteiger partial charge in [0.2, 0.25) is 0 Å². The Morgan fingerprint density at radius 2 is 1.95 bits per heavy atom. The van der Waals surface area contributed by atoms with Gasteiger partial charge >= 0.3 is 0 Å². The fraction of sp³-hybridized carbons (Fsp3) is 0.625. The van der Waals surface area contributed by atoms with E-state index < -0.39 is 0 Å². The van der Waals surface area contributed by atoms with E-state index in [0.717, 1.165) is 17.9 Å². The largest absolute Gasteiger partial charge is 0.492 e. The molecule has 0 aromatic heterocycles. The predicted molar refractivity (Wildman–Crippen MR) is 76.1 cm³/mol. The van der Waals surface area contributed by atoms with Crippen molar-refractivity contribution in [3.05, 3.63) is 29.6 Å². The van der Waals surface area contributed by atoms with Crippen LogP contribution in [0.2, 0.25) is 0 Å². The average Bonchev–Trinajstić information content (AvgIpc) is 2.65. The summed E-state index contributed by atoms with van der Waals surface area (Å²) in [4.78, 5) is 0. The van der Waals surface area contributed by atoms with Gasteiger partial charge < -0.3 is 10.1 Å². The van der Waals surface area contributed by atoms with Gasteiger partial charge in [-0.3, -0.25) is 0 Å². The van der Waals surface area contributed by atoms with Crippen LogP contribution in [0.15, 0.2) is 18.2 Å². The summed E-state index contributed by atoms with van der Waals surface area (Å²) in [6.45, 7) is 3.38. The molecule has 1 aliphatic rings. The Bertz CT molecular complexity index is 386. The van der Waals surface area contributed by atoms with Crippen LogP contribution in [-0.2, 0) is 0 Å². The van der Waals surface area contributed by atoms with Crippen LogP contribution in [0.5, 0.6) is 5.75 Å². The molecule has 19 heavy (non-hydrogen) atoms. The lowest BCUT2D eigenvalue weighted by molar-refractivity contribution is 0.298. The van der Waals surface area contributed by atoms with E-state index in [0.29, 0.717) is 12.6 Å². The summed E-state index contributed by atoms with van der Waals surface area (Å²) >= 11 is 0. The second kappa shape index (κ2) is 7.49. The van der Waals surface area contributed by atoms with Gasteiger partial charge in [-0.05, 0) is 43.5 Å². The molecule has 1 fully saturated rings. The van der Waals surface area contributed by atoms with Crippen LogP contribution in [0, 0.1) is 12.7 Å². The van der Waals surface area contributed by atoms with E-state index in [9.17, 15) is 4.39 Å². The highest BCUT2D eigenvalue weighted by Gasteiger charge is 2.11. The molecule has 0 heterocycles. The van der Waals surface area contributed by atoms with Crippen molar-refractivity contribution < 1.29 is 9.13 Å². The zero-order valence-corrected chi connectivity index (χ0v) is 11.8. The van der Waals surface area contributed by atoms with Gasteiger partial charge in [0.05, 0.1) is 0 Å². The summed E-state index contributed by atoms with van der Waals surface area (Å²) in [5.41, 5.74) is 0.856. The van der Waals surface area contributed by atoms with Gasteiger partial charge in [-0.2, -0.15) is 0 Å². The van der Waals surface area contributed by atoms with Crippen LogP contribution < -0.4 is 10.1 Å². The van der Waals surface area contributed by atoms with Gasteiger partial charge in [0.25, 0.3) is 0 Å². The Kier molecular flexibility index (Phi) is 5.64. The van der Waals surface area contributed by atoms with Crippen molar-refractivity contribution >= 4 is 0 Å². The smallest absolute Gasteiger partial charge is 0.123 e. The Morgan fingerprint density at radius 1 is 1.21 bits per heavy atom. The second-order valence-electron chi connectivity index (χ2n) is 5.40. The molecule has 1 aromatic carbocycles. The van der Waals surface area contributed by atoms with Crippen LogP contribution in [0.25, 0.3) is 0 Å². The second-order valence-corrected chi connectivity index (χ2v) is 5.40. The van der Waals surface area contributed by atoms with E-state index in [1.807, 2.05) is 6.92 Å². The lowest BCUT2D eigenvalue weighted by Gasteiger charge is -2.16. The van der Waals surface area contributed by atoms with Crippen molar-refractivity contribution in [1.29, 1.82) is 0 Å². The van der Waals surface area contributed by atoms with E-state index in [1.165, 1.54) is 50.7 Å². The summed E-state index contributed by atoms with van der Waals surface area (Å²) < 4.78 is 18.6. The maximum absolute atomic E-state index is 12.9. The number of benzene rings is 1. The molecule has 2 rings (SSSR count). The van der Waals surface area contributed by atoms with E-state index >= 15 is 0 Å². The normalized spacial score (nSPS) is 17.2. The molecular weight excluding hydrogens is 241 g/mol. The monoisotopic (exact) mass is 265 g/mol. The first kappa shape index (κ1) is 14.3. The molecule has 0 radical (unpaired) electrons. The van der Waals surface area contributed by atoms with E-state index in [-0.39, 0.29) is 5.82 Å². The first-order chi connectivity index (χ1) is 9.25. The quantitative estimate of drug-likeness (QED) is 0.645. The predicted octanol–water partition coefficient (Wildman–Crippen LogP) is 3.83. The molecule has 0 spiro atoms. The molecular formula is C16H24FNO. The van der Waals surface area contributed by atoms with Gasteiger partial charge in [-0.15, -0.1) is 0 Å². The molecule has 0 aliphatic heterocycles. The summed E-state index contributed by atoms with van der Waals surface area (Å²) in [5, 5.41) is 3.56. The molecule has 2 nitrogen and oxygen atoms in total. The minimum Gasteiger partial charge on any atom is -0.492 e. The number of ether oxygens (including phenoxy) is 1. The molecule has 0 unspecified atom stereocenters. The lowest BCUT2D eigenvalue weighted by Crippen LogP contribution is -2.32. The lowest BCUT2D eigenvalue weighted by atomic mass is 10.1. The Labute approximate surface area is 115 Å². The molecule has 0 bridgehead atoms. The van der Waals surface area contributed by atoms with Crippen LogP contribution in [-0.4, -0.2) is 19.2 Å². The van der Waals surface area contributed by atoms with Crippen LogP contribution >= 0.6 is 0 Å². The van der Waals surface area contributed by atoms with Crippen molar-refractivity contribution in [1.82, 2.24) is 5.32 Å². The van der Waals surface area contributed by atoms with Gasteiger partial charge in [0.15, 0.2) is 0 Å². The third kappa shape index (κ3) is 4.83. The van der Waals surface area contributed by atoms with Crippen molar-refractivity contribution in [3.8, 4) is 5.75 Å². The summed E-state index contributed by atoms with van der Waals surface area (Å²) in [6, 6.07) is 5.31. The van der Waals surface area contributed by atoms with Crippen LogP contribution in [0.1, 0.15) is 44.1 Å². The Morgan fingerprint density at radius 3 is 2.63 bits per heavy atom. The molecule has 0 saturated heterocycles. The molecule has 1 aromatic rings. The minimum atomic E-state index is -0.207. The summed E-state index contributed by atoms with van der Waals surface area (Å²) in [7, 11) is 0. The van der Waals surface area contributed by atoms with Crippen molar-refractivity contribution in [2.24, 2.45) is 0 Å². The van der Waals surface area contributed by atoms with E-state index in [1.54, 1.807) is 6.07 Å². The molecule has 0 atom stereocenters. The van der Waals surface area contributed by atoms with Crippen LogP contribution in [0.3, 0.4) is 0 Å². The van der Waals surface area contributed by atoms with E-state index in [4.69, 9.17) is 4.74 Å².